The molecule has 0 N–H and O–H groups in total. The third kappa shape index (κ3) is 1.79. The smallest absolute Gasteiger partial charge is 0.433 e. The Morgan fingerprint density at radius 2 is 2.07 bits per heavy atom. The van der Waals surface area contributed by atoms with E-state index in [1.807, 2.05) is 0 Å². The molecule has 0 fully saturated rings. The Morgan fingerprint density at radius 3 is 2.73 bits per heavy atom. The Balaban J connectivity index is 2.46. The Hall–Kier alpha value is -1.59. The normalized spacial score (nSPS) is 15.8. The molecule has 0 saturated carbocycles. The van der Waals surface area contributed by atoms with E-state index in [0.717, 1.165) is 12.1 Å². The van der Waals surface area contributed by atoms with Crippen molar-refractivity contribution in [2.45, 2.75) is 12.6 Å². The van der Waals surface area contributed by atoms with Gasteiger partial charge < -0.3 is 4.74 Å². The van der Waals surface area contributed by atoms with Crippen LogP contribution in [-0.2, 0) is 6.18 Å². The van der Waals surface area contributed by atoms with Crippen LogP contribution in [-0.4, -0.2) is 17.4 Å². The van der Waals surface area contributed by atoms with Crippen molar-refractivity contribution in [1.29, 1.82) is 0 Å². The van der Waals surface area contributed by atoms with Crippen LogP contribution in [0.2, 0.25) is 0 Å². The van der Waals surface area contributed by atoms with E-state index in [1.165, 1.54) is 0 Å². The molecule has 0 atom stereocenters. The third-order valence-electron chi connectivity index (χ3n) is 2.02. The summed E-state index contributed by atoms with van der Waals surface area (Å²) in [5, 5.41) is 0. The van der Waals surface area contributed by atoms with Crippen molar-refractivity contribution in [1.82, 2.24) is 4.98 Å². The van der Waals surface area contributed by atoms with E-state index in [4.69, 9.17) is 4.74 Å². The van der Waals surface area contributed by atoms with Crippen LogP contribution in [0.3, 0.4) is 0 Å². The molecule has 1 aromatic rings. The van der Waals surface area contributed by atoms with Crippen molar-refractivity contribution in [2.75, 3.05) is 6.61 Å². The van der Waals surface area contributed by atoms with Crippen LogP contribution in [0.25, 0.3) is 0 Å². The molecule has 0 aliphatic carbocycles. The fraction of sp³-hybridized carbons (Fsp3) is 0.333. The lowest BCUT2D eigenvalue weighted by Gasteiger charge is -2.16. The van der Waals surface area contributed by atoms with Crippen LogP contribution in [0.15, 0.2) is 12.1 Å². The molecule has 0 spiro atoms. The number of aromatic nitrogens is 1. The van der Waals surface area contributed by atoms with Gasteiger partial charge in [-0.25, -0.2) is 4.98 Å². The Labute approximate surface area is 82.9 Å². The van der Waals surface area contributed by atoms with Gasteiger partial charge in [-0.15, -0.1) is 0 Å². The van der Waals surface area contributed by atoms with E-state index < -0.39 is 11.9 Å². The molecule has 3 nitrogen and oxygen atoms in total. The number of hydrogen-bond acceptors (Lipinski definition) is 3. The second-order valence-electron chi connectivity index (χ2n) is 3.07. The molecule has 15 heavy (non-hydrogen) atoms. The minimum atomic E-state index is -4.51. The maximum Gasteiger partial charge on any atom is 0.433 e. The van der Waals surface area contributed by atoms with Gasteiger partial charge in [0.15, 0.2) is 5.78 Å². The van der Waals surface area contributed by atoms with E-state index >= 15 is 0 Å². The standard InChI is InChI=1S/C9H6F3NO2/c10-9(11,12)7-2-1-5-6(14)3-4-15-8(5)13-7/h1-2H,3-4H2. The van der Waals surface area contributed by atoms with Crippen molar-refractivity contribution in [3.63, 3.8) is 0 Å². The molecular weight excluding hydrogens is 211 g/mol. The lowest BCUT2D eigenvalue weighted by Crippen LogP contribution is -2.18. The molecule has 1 aromatic heterocycles. The van der Waals surface area contributed by atoms with Gasteiger partial charge in [-0.1, -0.05) is 0 Å². The number of halogens is 3. The Morgan fingerprint density at radius 1 is 1.33 bits per heavy atom. The lowest BCUT2D eigenvalue weighted by molar-refractivity contribution is -0.141. The first-order valence-corrected chi connectivity index (χ1v) is 4.23. The molecule has 0 amide bonds. The predicted molar refractivity (Wildman–Crippen MR) is 43.7 cm³/mol. The fourth-order valence-corrected chi connectivity index (χ4v) is 1.30. The second-order valence-corrected chi connectivity index (χ2v) is 3.07. The molecule has 0 unspecified atom stereocenters. The van der Waals surface area contributed by atoms with E-state index in [1.54, 1.807) is 0 Å². The molecule has 0 saturated heterocycles. The number of nitrogens with zero attached hydrogens (tertiary/aromatic N) is 1. The zero-order valence-electron chi connectivity index (χ0n) is 7.47. The zero-order chi connectivity index (χ0) is 11.1. The predicted octanol–water partition coefficient (Wildman–Crippen LogP) is 2.07. The summed E-state index contributed by atoms with van der Waals surface area (Å²) in [5.74, 6) is -0.460. The van der Waals surface area contributed by atoms with Crippen LogP contribution in [0, 0.1) is 0 Å². The summed E-state index contributed by atoms with van der Waals surface area (Å²) in [4.78, 5) is 14.5. The first kappa shape index (κ1) is 9.95. The minimum absolute atomic E-state index is 0.0835. The molecule has 1 aliphatic rings. The van der Waals surface area contributed by atoms with Gasteiger partial charge in [0.05, 0.1) is 12.2 Å². The monoisotopic (exact) mass is 217 g/mol. The first-order chi connectivity index (χ1) is 6.98. The number of fused-ring (bicyclic) bond motifs is 1. The molecule has 0 radical (unpaired) electrons. The van der Waals surface area contributed by atoms with Gasteiger partial charge in [0.1, 0.15) is 5.69 Å². The van der Waals surface area contributed by atoms with Gasteiger partial charge in [-0.3, -0.25) is 4.79 Å². The molecule has 80 valence electrons. The maximum absolute atomic E-state index is 12.3. The highest BCUT2D eigenvalue weighted by Crippen LogP contribution is 2.31. The van der Waals surface area contributed by atoms with Crippen LogP contribution in [0.1, 0.15) is 22.5 Å². The SMILES string of the molecule is O=C1CCOc2nc(C(F)(F)F)ccc21. The zero-order valence-corrected chi connectivity index (χ0v) is 7.47. The number of carbonyl (C=O) groups is 1. The number of hydrogen-bond donors (Lipinski definition) is 0. The fourth-order valence-electron chi connectivity index (χ4n) is 1.30. The van der Waals surface area contributed by atoms with Crippen molar-refractivity contribution in [3.8, 4) is 5.88 Å². The van der Waals surface area contributed by atoms with E-state index in [9.17, 15) is 18.0 Å². The van der Waals surface area contributed by atoms with Gasteiger partial charge in [0, 0.05) is 6.42 Å². The summed E-state index contributed by atoms with van der Waals surface area (Å²) in [6.07, 6.45) is -4.33. The average Bonchev–Trinajstić information content (AvgIpc) is 2.16. The number of ether oxygens (including phenoxy) is 1. The van der Waals surface area contributed by atoms with Gasteiger partial charge >= 0.3 is 6.18 Å². The average molecular weight is 217 g/mol. The van der Waals surface area contributed by atoms with Crippen LogP contribution >= 0.6 is 0 Å². The summed E-state index contributed by atoms with van der Waals surface area (Å²) in [5.41, 5.74) is -0.926. The molecule has 0 bridgehead atoms. The van der Waals surface area contributed by atoms with E-state index in [2.05, 4.69) is 4.98 Å². The summed E-state index contributed by atoms with van der Waals surface area (Å²) in [6, 6.07) is 1.89. The van der Waals surface area contributed by atoms with Gasteiger partial charge in [0.25, 0.3) is 0 Å². The summed E-state index contributed by atoms with van der Waals surface area (Å²) >= 11 is 0. The van der Waals surface area contributed by atoms with Gasteiger partial charge in [-0.05, 0) is 12.1 Å². The summed E-state index contributed by atoms with van der Waals surface area (Å²) in [6.45, 7) is 0.0835. The molecule has 0 aromatic carbocycles. The highest BCUT2D eigenvalue weighted by Gasteiger charge is 2.34. The highest BCUT2D eigenvalue weighted by molar-refractivity contribution is 5.99. The largest absolute Gasteiger partial charge is 0.477 e. The number of rotatable bonds is 0. The van der Waals surface area contributed by atoms with Crippen molar-refractivity contribution >= 4 is 5.78 Å². The molecule has 2 rings (SSSR count). The number of alkyl halides is 3. The van der Waals surface area contributed by atoms with Crippen molar-refractivity contribution in [2.24, 2.45) is 0 Å². The van der Waals surface area contributed by atoms with Crippen molar-refractivity contribution < 1.29 is 22.7 Å². The molecular formula is C9H6F3NO2. The van der Waals surface area contributed by atoms with Crippen LogP contribution in [0.5, 0.6) is 5.88 Å². The Kier molecular flexibility index (Phi) is 2.13. The van der Waals surface area contributed by atoms with Gasteiger partial charge in [0.2, 0.25) is 5.88 Å². The number of ketones is 1. The number of carbonyl (C=O) groups excluding carboxylic acids is 1. The quantitative estimate of drug-likeness (QED) is 0.667. The highest BCUT2D eigenvalue weighted by atomic mass is 19.4. The van der Waals surface area contributed by atoms with E-state index in [-0.39, 0.29) is 30.3 Å². The van der Waals surface area contributed by atoms with Crippen LogP contribution in [0.4, 0.5) is 13.2 Å². The minimum Gasteiger partial charge on any atom is -0.477 e. The maximum atomic E-state index is 12.3. The third-order valence-corrected chi connectivity index (χ3v) is 2.02. The number of pyridine rings is 1. The molecule has 1 aliphatic heterocycles. The Bertz CT molecular complexity index is 414. The van der Waals surface area contributed by atoms with E-state index in [0.29, 0.717) is 0 Å². The molecule has 2 heterocycles. The van der Waals surface area contributed by atoms with Crippen molar-refractivity contribution in [3.05, 3.63) is 23.4 Å². The summed E-state index contributed by atoms with van der Waals surface area (Å²) < 4.78 is 41.7. The second kappa shape index (κ2) is 3.22. The van der Waals surface area contributed by atoms with Gasteiger partial charge in [-0.2, -0.15) is 13.2 Å². The first-order valence-electron chi connectivity index (χ1n) is 4.23. The topological polar surface area (TPSA) is 39.2 Å². The number of Topliss-reactive ketones (excluding diaryl/α,β-unsaturated/α-hetero) is 1. The lowest BCUT2D eigenvalue weighted by atomic mass is 10.1. The van der Waals surface area contributed by atoms with Crippen LogP contribution < -0.4 is 4.74 Å². The molecule has 6 heteroatoms. The summed E-state index contributed by atoms with van der Waals surface area (Å²) in [7, 11) is 0.